The van der Waals surface area contributed by atoms with Crippen molar-refractivity contribution in [1.82, 2.24) is 20.1 Å². The van der Waals surface area contributed by atoms with Crippen LogP contribution in [0.1, 0.15) is 29.4 Å². The number of H-pyrrole nitrogens is 1. The maximum absolute atomic E-state index is 13.7. The summed E-state index contributed by atoms with van der Waals surface area (Å²) in [7, 11) is 0. The number of rotatable bonds is 4. The van der Waals surface area contributed by atoms with Crippen molar-refractivity contribution in [3.63, 3.8) is 0 Å². The molecular formula is C15H19FN4O2. The van der Waals surface area contributed by atoms with Gasteiger partial charge in [0.2, 0.25) is 0 Å². The Morgan fingerprint density at radius 3 is 3.05 bits per heavy atom. The van der Waals surface area contributed by atoms with E-state index < -0.39 is 6.10 Å². The van der Waals surface area contributed by atoms with E-state index in [0.717, 1.165) is 5.82 Å². The van der Waals surface area contributed by atoms with Crippen LogP contribution in [0.2, 0.25) is 0 Å². The summed E-state index contributed by atoms with van der Waals surface area (Å²) >= 11 is 0. The molecule has 3 rings (SSSR count). The number of benzene rings is 1. The lowest BCUT2D eigenvalue weighted by molar-refractivity contribution is -0.0463. The number of halogens is 1. The molecule has 0 radical (unpaired) electrons. The van der Waals surface area contributed by atoms with Gasteiger partial charge in [-0.15, -0.1) is 0 Å². The zero-order chi connectivity index (χ0) is 15.5. The third-order valence-corrected chi connectivity index (χ3v) is 3.75. The first-order valence-electron chi connectivity index (χ1n) is 7.29. The van der Waals surface area contributed by atoms with Gasteiger partial charge in [0.25, 0.3) is 0 Å². The molecule has 0 aliphatic carbocycles. The normalized spacial score (nSPS) is 21.0. The van der Waals surface area contributed by atoms with Crippen LogP contribution in [0.5, 0.6) is 0 Å². The number of nitrogens with zero attached hydrogens (tertiary/aromatic N) is 3. The lowest BCUT2D eigenvalue weighted by atomic mass is 10.1. The zero-order valence-corrected chi connectivity index (χ0v) is 12.4. The van der Waals surface area contributed by atoms with Crippen molar-refractivity contribution in [2.75, 3.05) is 26.2 Å². The molecule has 2 aromatic rings. The molecule has 7 heteroatoms. The molecule has 2 N–H and O–H groups in total. The van der Waals surface area contributed by atoms with Gasteiger partial charge in [-0.2, -0.15) is 5.10 Å². The summed E-state index contributed by atoms with van der Waals surface area (Å²) in [6.07, 6.45) is -1.10. The van der Waals surface area contributed by atoms with Crippen LogP contribution in [-0.4, -0.2) is 51.4 Å². The quantitative estimate of drug-likeness (QED) is 0.892. The van der Waals surface area contributed by atoms with E-state index in [0.29, 0.717) is 37.6 Å². The van der Waals surface area contributed by atoms with Crippen molar-refractivity contribution in [2.24, 2.45) is 0 Å². The molecule has 1 aromatic carbocycles. The number of aromatic nitrogens is 3. The van der Waals surface area contributed by atoms with E-state index in [1.54, 1.807) is 18.2 Å². The lowest BCUT2D eigenvalue weighted by Crippen LogP contribution is -2.41. The molecule has 6 nitrogen and oxygen atoms in total. The largest absolute Gasteiger partial charge is 0.387 e. The van der Waals surface area contributed by atoms with Crippen LogP contribution in [-0.2, 0) is 4.74 Å². The van der Waals surface area contributed by atoms with E-state index in [2.05, 4.69) is 15.2 Å². The molecular weight excluding hydrogens is 287 g/mol. The first kappa shape index (κ1) is 15.1. The summed E-state index contributed by atoms with van der Waals surface area (Å²) in [6.45, 7) is 3.97. The molecule has 1 aliphatic rings. The van der Waals surface area contributed by atoms with Gasteiger partial charge in [-0.25, -0.2) is 9.37 Å². The number of hydrogen-bond acceptors (Lipinski definition) is 5. The van der Waals surface area contributed by atoms with Crippen molar-refractivity contribution in [3.8, 4) is 0 Å². The van der Waals surface area contributed by atoms with Crippen LogP contribution < -0.4 is 0 Å². The summed E-state index contributed by atoms with van der Waals surface area (Å²) in [4.78, 5) is 6.32. The molecule has 0 spiro atoms. The minimum atomic E-state index is -0.867. The van der Waals surface area contributed by atoms with Crippen molar-refractivity contribution in [2.45, 2.75) is 19.1 Å². The molecule has 22 heavy (non-hydrogen) atoms. The summed E-state index contributed by atoms with van der Waals surface area (Å²) in [6, 6.07) is 6.30. The molecule has 0 unspecified atom stereocenters. The lowest BCUT2D eigenvalue weighted by Gasteiger charge is -2.32. The Bertz CT molecular complexity index is 634. The fourth-order valence-corrected chi connectivity index (χ4v) is 2.62. The van der Waals surface area contributed by atoms with Crippen molar-refractivity contribution in [1.29, 1.82) is 0 Å². The maximum atomic E-state index is 13.7. The minimum Gasteiger partial charge on any atom is -0.387 e. The van der Waals surface area contributed by atoms with Crippen LogP contribution >= 0.6 is 0 Å². The Morgan fingerprint density at radius 2 is 2.32 bits per heavy atom. The SMILES string of the molecule is Cc1nc([C@H]2CN(C[C@H](O)c3ccccc3F)CCO2)n[nH]1. The highest BCUT2D eigenvalue weighted by Gasteiger charge is 2.27. The topological polar surface area (TPSA) is 74.3 Å². The smallest absolute Gasteiger partial charge is 0.180 e. The first-order chi connectivity index (χ1) is 10.6. The summed E-state index contributed by atoms with van der Waals surface area (Å²) in [5, 5.41) is 17.2. The molecule has 118 valence electrons. The van der Waals surface area contributed by atoms with E-state index >= 15 is 0 Å². The fourth-order valence-electron chi connectivity index (χ4n) is 2.62. The van der Waals surface area contributed by atoms with Crippen molar-refractivity contribution < 1.29 is 14.2 Å². The van der Waals surface area contributed by atoms with E-state index in [4.69, 9.17) is 4.74 Å². The molecule has 1 aliphatic heterocycles. The van der Waals surface area contributed by atoms with E-state index in [-0.39, 0.29) is 11.9 Å². The molecule has 1 aromatic heterocycles. The van der Waals surface area contributed by atoms with Crippen LogP contribution in [0.3, 0.4) is 0 Å². The number of morpholine rings is 1. The number of aliphatic hydroxyl groups excluding tert-OH is 1. The number of ether oxygens (including phenoxy) is 1. The monoisotopic (exact) mass is 306 g/mol. The van der Waals surface area contributed by atoms with Gasteiger partial charge in [0, 0.05) is 25.2 Å². The molecule has 2 atom stereocenters. The second kappa shape index (κ2) is 6.51. The van der Waals surface area contributed by atoms with Crippen LogP contribution in [0.15, 0.2) is 24.3 Å². The van der Waals surface area contributed by atoms with Crippen LogP contribution in [0.4, 0.5) is 4.39 Å². The molecule has 1 saturated heterocycles. The average Bonchev–Trinajstić information content (AvgIpc) is 2.94. The van der Waals surface area contributed by atoms with Crippen molar-refractivity contribution in [3.05, 3.63) is 47.3 Å². The Hall–Kier alpha value is -1.83. The Kier molecular flexibility index (Phi) is 4.47. The van der Waals surface area contributed by atoms with Gasteiger partial charge in [0.1, 0.15) is 17.7 Å². The average molecular weight is 306 g/mol. The number of nitrogens with one attached hydrogen (secondary N) is 1. The Morgan fingerprint density at radius 1 is 1.50 bits per heavy atom. The molecule has 2 heterocycles. The zero-order valence-electron chi connectivity index (χ0n) is 12.4. The molecule has 0 saturated carbocycles. The van der Waals surface area contributed by atoms with Gasteiger partial charge in [0.15, 0.2) is 5.82 Å². The second-order valence-corrected chi connectivity index (χ2v) is 5.44. The minimum absolute atomic E-state index is 0.230. The Balaban J connectivity index is 1.64. The van der Waals surface area contributed by atoms with Gasteiger partial charge in [-0.05, 0) is 13.0 Å². The standard InChI is InChI=1S/C15H19FN4O2/c1-10-17-15(19-18-10)14-9-20(6-7-22-14)8-13(21)11-4-2-3-5-12(11)16/h2-5,13-14,21H,6-9H2,1H3,(H,17,18,19)/t13-,14+/m0/s1. The second-order valence-electron chi connectivity index (χ2n) is 5.44. The summed E-state index contributed by atoms with van der Waals surface area (Å²) < 4.78 is 19.4. The van der Waals surface area contributed by atoms with Gasteiger partial charge >= 0.3 is 0 Å². The predicted molar refractivity (Wildman–Crippen MR) is 77.6 cm³/mol. The van der Waals surface area contributed by atoms with Gasteiger partial charge in [-0.3, -0.25) is 10.00 Å². The number of aliphatic hydroxyl groups is 1. The molecule has 1 fully saturated rings. The van der Waals surface area contributed by atoms with Crippen molar-refractivity contribution >= 4 is 0 Å². The summed E-state index contributed by atoms with van der Waals surface area (Å²) in [5.41, 5.74) is 0.319. The maximum Gasteiger partial charge on any atom is 0.180 e. The number of aryl methyl sites for hydroxylation is 1. The fraction of sp³-hybridized carbons (Fsp3) is 0.467. The van der Waals surface area contributed by atoms with Crippen LogP contribution in [0, 0.1) is 12.7 Å². The van der Waals surface area contributed by atoms with E-state index in [1.807, 2.05) is 11.8 Å². The predicted octanol–water partition coefficient (Wildman–Crippen LogP) is 1.36. The van der Waals surface area contributed by atoms with Gasteiger partial charge in [-0.1, -0.05) is 18.2 Å². The number of aromatic amines is 1. The first-order valence-corrected chi connectivity index (χ1v) is 7.29. The molecule has 0 amide bonds. The van der Waals surface area contributed by atoms with E-state index in [9.17, 15) is 9.50 Å². The highest BCUT2D eigenvalue weighted by molar-refractivity contribution is 5.20. The van der Waals surface area contributed by atoms with Gasteiger partial charge in [0.05, 0.1) is 12.7 Å². The highest BCUT2D eigenvalue weighted by Crippen LogP contribution is 2.23. The third-order valence-electron chi connectivity index (χ3n) is 3.75. The number of β-amino-alcohol motifs (C(OH)–C–C–N with tert-alkyl or cyclic N) is 1. The van der Waals surface area contributed by atoms with Crippen LogP contribution in [0.25, 0.3) is 0 Å². The third kappa shape index (κ3) is 3.32. The number of hydrogen-bond donors (Lipinski definition) is 2. The van der Waals surface area contributed by atoms with E-state index in [1.165, 1.54) is 6.07 Å². The molecule has 0 bridgehead atoms. The Labute approximate surface area is 127 Å². The summed E-state index contributed by atoms with van der Waals surface area (Å²) in [5.74, 6) is 0.967. The van der Waals surface area contributed by atoms with Gasteiger partial charge < -0.3 is 9.84 Å². The highest BCUT2D eigenvalue weighted by atomic mass is 19.1.